The number of hydrogen-bond donors (Lipinski definition) is 0. The van der Waals surface area contributed by atoms with E-state index >= 15 is 0 Å². The Hall–Kier alpha value is -3.40. The molecule has 2 aromatic heterocycles. The average molecular weight is 441 g/mol. The SMILES string of the molecule is CN1CCc2c(sc(N=Cc3cn(CCOc4ccccc4)c4ccccc34)c2C#N)C1. The van der Waals surface area contributed by atoms with Gasteiger partial charge < -0.3 is 14.2 Å². The summed E-state index contributed by atoms with van der Waals surface area (Å²) in [6.45, 7) is 3.21. The molecule has 5 nitrogen and oxygen atoms in total. The molecule has 2 aromatic carbocycles. The maximum Gasteiger partial charge on any atom is 0.134 e. The van der Waals surface area contributed by atoms with E-state index in [4.69, 9.17) is 9.73 Å². The Bertz CT molecular complexity index is 1310. The van der Waals surface area contributed by atoms with E-state index < -0.39 is 0 Å². The molecule has 0 spiro atoms. The minimum atomic E-state index is 0.586. The van der Waals surface area contributed by atoms with Crippen molar-refractivity contribution in [3.05, 3.63) is 82.4 Å². The number of benzene rings is 2. The van der Waals surface area contributed by atoms with Gasteiger partial charge >= 0.3 is 0 Å². The number of para-hydroxylation sites is 2. The number of likely N-dealkylation sites (N-methyl/N-ethyl adjacent to an activating group) is 1. The molecule has 1 aliphatic rings. The number of fused-ring (bicyclic) bond motifs is 2. The molecule has 32 heavy (non-hydrogen) atoms. The standard InChI is InChI=1S/C26H24N4OS/c1-29-12-11-22-23(15-27)26(32-25(22)18-29)28-16-19-17-30(24-10-6-5-9-21(19)24)13-14-31-20-7-3-2-4-8-20/h2-10,16-17H,11-14,18H2,1H3. The average Bonchev–Trinajstić information content (AvgIpc) is 3.35. The largest absolute Gasteiger partial charge is 0.492 e. The Balaban J connectivity index is 1.40. The number of aliphatic imine (C=N–C) groups is 1. The Morgan fingerprint density at radius 1 is 1.16 bits per heavy atom. The predicted molar refractivity (Wildman–Crippen MR) is 130 cm³/mol. The summed E-state index contributed by atoms with van der Waals surface area (Å²) in [5.74, 6) is 0.877. The van der Waals surface area contributed by atoms with Crippen LogP contribution >= 0.6 is 11.3 Å². The number of thiophene rings is 1. The Kier molecular flexibility index (Phi) is 5.76. The van der Waals surface area contributed by atoms with Crippen LogP contribution in [-0.4, -0.2) is 35.9 Å². The Morgan fingerprint density at radius 2 is 1.97 bits per heavy atom. The van der Waals surface area contributed by atoms with Crippen molar-refractivity contribution >= 4 is 33.5 Å². The van der Waals surface area contributed by atoms with Gasteiger partial charge in [0.25, 0.3) is 0 Å². The van der Waals surface area contributed by atoms with Crippen molar-refractivity contribution < 1.29 is 4.74 Å². The lowest BCUT2D eigenvalue weighted by molar-refractivity contribution is 0.300. The van der Waals surface area contributed by atoms with Crippen molar-refractivity contribution in [1.29, 1.82) is 5.26 Å². The van der Waals surface area contributed by atoms with Crippen LogP contribution in [0.5, 0.6) is 5.75 Å². The monoisotopic (exact) mass is 440 g/mol. The minimum Gasteiger partial charge on any atom is -0.492 e. The van der Waals surface area contributed by atoms with Gasteiger partial charge in [-0.05, 0) is 37.2 Å². The van der Waals surface area contributed by atoms with E-state index in [1.165, 1.54) is 10.4 Å². The zero-order valence-corrected chi connectivity index (χ0v) is 18.8. The maximum atomic E-state index is 9.74. The smallest absolute Gasteiger partial charge is 0.134 e. The van der Waals surface area contributed by atoms with E-state index in [2.05, 4.69) is 47.0 Å². The molecule has 0 atom stereocenters. The van der Waals surface area contributed by atoms with Gasteiger partial charge in [0.1, 0.15) is 23.4 Å². The first kappa shape index (κ1) is 20.5. The molecule has 0 radical (unpaired) electrons. The third kappa shape index (κ3) is 4.05. The van der Waals surface area contributed by atoms with Crippen LogP contribution in [0.4, 0.5) is 5.00 Å². The molecule has 0 N–H and O–H groups in total. The molecule has 5 rings (SSSR count). The summed E-state index contributed by atoms with van der Waals surface area (Å²) in [4.78, 5) is 8.33. The van der Waals surface area contributed by atoms with Crippen LogP contribution in [0, 0.1) is 11.3 Å². The summed E-state index contributed by atoms with van der Waals surface area (Å²) in [6, 6.07) is 20.6. The maximum absolute atomic E-state index is 9.74. The van der Waals surface area contributed by atoms with Gasteiger partial charge in [-0.3, -0.25) is 0 Å². The summed E-state index contributed by atoms with van der Waals surface area (Å²) in [5.41, 5.74) is 4.13. The molecular weight excluding hydrogens is 416 g/mol. The van der Waals surface area contributed by atoms with Gasteiger partial charge in [0.15, 0.2) is 0 Å². The molecule has 0 unspecified atom stereocenters. The number of nitriles is 1. The van der Waals surface area contributed by atoms with Gasteiger partial charge in [-0.1, -0.05) is 36.4 Å². The second-order valence-corrected chi connectivity index (χ2v) is 9.08. The molecule has 160 valence electrons. The van der Waals surface area contributed by atoms with Gasteiger partial charge in [-0.15, -0.1) is 11.3 Å². The van der Waals surface area contributed by atoms with E-state index in [1.54, 1.807) is 11.3 Å². The number of hydrogen-bond acceptors (Lipinski definition) is 5. The van der Waals surface area contributed by atoms with Crippen LogP contribution in [-0.2, 0) is 19.5 Å². The van der Waals surface area contributed by atoms with Crippen LogP contribution < -0.4 is 4.74 Å². The van der Waals surface area contributed by atoms with Gasteiger partial charge in [-0.2, -0.15) is 5.26 Å². The van der Waals surface area contributed by atoms with Gasteiger partial charge in [0.2, 0.25) is 0 Å². The molecular formula is C26H24N4OS. The van der Waals surface area contributed by atoms with Crippen molar-refractivity contribution in [3.63, 3.8) is 0 Å². The topological polar surface area (TPSA) is 53.5 Å². The highest BCUT2D eigenvalue weighted by atomic mass is 32.1. The molecule has 3 heterocycles. The summed E-state index contributed by atoms with van der Waals surface area (Å²) in [5, 5.41) is 11.7. The lowest BCUT2D eigenvalue weighted by Crippen LogP contribution is -2.25. The minimum absolute atomic E-state index is 0.586. The van der Waals surface area contributed by atoms with Crippen molar-refractivity contribution in [3.8, 4) is 11.8 Å². The molecule has 0 amide bonds. The summed E-state index contributed by atoms with van der Waals surface area (Å²) in [7, 11) is 2.12. The molecule has 4 aromatic rings. The van der Waals surface area contributed by atoms with E-state index in [9.17, 15) is 5.26 Å². The summed E-state index contributed by atoms with van der Waals surface area (Å²) in [6.07, 6.45) is 4.94. The van der Waals surface area contributed by atoms with Crippen LogP contribution in [0.15, 0.2) is 65.8 Å². The first-order valence-electron chi connectivity index (χ1n) is 10.8. The van der Waals surface area contributed by atoms with Crippen LogP contribution in [0.1, 0.15) is 21.6 Å². The molecule has 1 aliphatic heterocycles. The third-order valence-electron chi connectivity index (χ3n) is 5.83. The first-order chi connectivity index (χ1) is 15.7. The fourth-order valence-corrected chi connectivity index (χ4v) is 5.41. The van der Waals surface area contributed by atoms with Crippen LogP contribution in [0.25, 0.3) is 10.9 Å². The molecule has 6 heteroatoms. The second kappa shape index (κ2) is 8.99. The fourth-order valence-electron chi connectivity index (χ4n) is 4.19. The number of nitrogens with zero attached hydrogens (tertiary/aromatic N) is 4. The van der Waals surface area contributed by atoms with E-state index in [0.717, 1.165) is 58.8 Å². The first-order valence-corrected chi connectivity index (χ1v) is 11.6. The van der Waals surface area contributed by atoms with Crippen molar-refractivity contribution in [2.75, 3.05) is 20.2 Å². The zero-order valence-electron chi connectivity index (χ0n) is 18.0. The van der Waals surface area contributed by atoms with E-state index in [1.807, 2.05) is 42.6 Å². The fraction of sp³-hybridized carbons (Fsp3) is 0.231. The molecule has 0 fully saturated rings. The Morgan fingerprint density at radius 3 is 2.81 bits per heavy atom. The molecule has 0 saturated heterocycles. The summed E-state index contributed by atoms with van der Waals surface area (Å²) < 4.78 is 8.10. The predicted octanol–water partition coefficient (Wildman–Crippen LogP) is 5.39. The molecule has 0 aliphatic carbocycles. The van der Waals surface area contributed by atoms with E-state index in [-0.39, 0.29) is 0 Å². The third-order valence-corrected chi connectivity index (χ3v) is 6.95. The Labute approximate surface area is 191 Å². The van der Waals surface area contributed by atoms with Crippen LogP contribution in [0.3, 0.4) is 0 Å². The second-order valence-electron chi connectivity index (χ2n) is 8.00. The lowest BCUT2D eigenvalue weighted by atomic mass is 10.0. The normalized spacial score (nSPS) is 14.0. The van der Waals surface area contributed by atoms with E-state index in [0.29, 0.717) is 6.61 Å². The number of aromatic nitrogens is 1. The highest BCUT2D eigenvalue weighted by Gasteiger charge is 2.22. The summed E-state index contributed by atoms with van der Waals surface area (Å²) >= 11 is 1.64. The molecule has 0 bridgehead atoms. The van der Waals surface area contributed by atoms with Crippen LogP contribution in [0.2, 0.25) is 0 Å². The van der Waals surface area contributed by atoms with Crippen molar-refractivity contribution in [2.45, 2.75) is 19.5 Å². The van der Waals surface area contributed by atoms with Gasteiger partial charge in [0.05, 0.1) is 12.1 Å². The number of ether oxygens (including phenoxy) is 1. The van der Waals surface area contributed by atoms with Crippen molar-refractivity contribution in [2.24, 2.45) is 4.99 Å². The number of rotatable bonds is 6. The van der Waals surface area contributed by atoms with Gasteiger partial charge in [0, 0.05) is 46.8 Å². The van der Waals surface area contributed by atoms with Crippen molar-refractivity contribution in [1.82, 2.24) is 9.47 Å². The quantitative estimate of drug-likeness (QED) is 0.378. The molecule has 0 saturated carbocycles. The lowest BCUT2D eigenvalue weighted by Gasteiger charge is -2.21. The zero-order chi connectivity index (χ0) is 21.9. The highest BCUT2D eigenvalue weighted by Crippen LogP contribution is 2.38. The highest BCUT2D eigenvalue weighted by molar-refractivity contribution is 7.16. The van der Waals surface area contributed by atoms with Gasteiger partial charge in [-0.25, -0.2) is 4.99 Å².